The van der Waals surface area contributed by atoms with Gasteiger partial charge in [0.1, 0.15) is 5.69 Å². The number of hydroxylamine groups is 1. The zero-order chi connectivity index (χ0) is 14.4. The van der Waals surface area contributed by atoms with E-state index in [0.29, 0.717) is 17.3 Å². The van der Waals surface area contributed by atoms with Crippen LogP contribution in [0, 0.1) is 5.92 Å². The zero-order valence-electron chi connectivity index (χ0n) is 11.3. The fourth-order valence-electron chi connectivity index (χ4n) is 2.85. The fourth-order valence-corrected chi connectivity index (χ4v) is 2.85. The summed E-state index contributed by atoms with van der Waals surface area (Å²) >= 11 is 0. The number of nitrogens with zero attached hydrogens (tertiary/aromatic N) is 3. The standard InChI is InChI=1S/C13H19N5O2/c1-7-2-8-4-11-12(5-9(8)3-7)18(20)16-13(17(11)19)10(15)6-14/h4-5,7,10,19-20H,2-3,6,14-15H2,1H3. The Morgan fingerprint density at radius 1 is 1.30 bits per heavy atom. The molecule has 1 aromatic carbocycles. The molecule has 2 unspecified atom stereocenters. The molecule has 108 valence electrons. The van der Waals surface area contributed by atoms with E-state index in [9.17, 15) is 10.4 Å². The second kappa shape index (κ2) is 4.71. The first-order chi connectivity index (χ1) is 9.51. The van der Waals surface area contributed by atoms with Crippen LogP contribution in [0.3, 0.4) is 0 Å². The van der Waals surface area contributed by atoms with Gasteiger partial charge in [-0.3, -0.25) is 10.4 Å². The highest BCUT2D eigenvalue weighted by molar-refractivity contribution is 6.04. The minimum atomic E-state index is -0.644. The Hall–Kier alpha value is -1.67. The number of fused-ring (bicyclic) bond motifs is 2. The van der Waals surface area contributed by atoms with Crippen LogP contribution in [0.25, 0.3) is 0 Å². The second-order valence-electron chi connectivity index (χ2n) is 5.52. The molecule has 2 atom stereocenters. The summed E-state index contributed by atoms with van der Waals surface area (Å²) in [6.45, 7) is 2.31. The Morgan fingerprint density at radius 2 is 1.90 bits per heavy atom. The van der Waals surface area contributed by atoms with Crippen LogP contribution in [0.1, 0.15) is 18.1 Å². The van der Waals surface area contributed by atoms with Gasteiger partial charge in [0.25, 0.3) is 0 Å². The Morgan fingerprint density at radius 3 is 2.50 bits per heavy atom. The average Bonchev–Trinajstić information content (AvgIpc) is 2.79. The van der Waals surface area contributed by atoms with Crippen LogP contribution in [0.2, 0.25) is 0 Å². The third kappa shape index (κ3) is 1.95. The normalized spacial score (nSPS) is 22.4. The Balaban J connectivity index is 2.04. The molecule has 7 nitrogen and oxygen atoms in total. The molecular weight excluding hydrogens is 258 g/mol. The maximum atomic E-state index is 10.3. The van der Waals surface area contributed by atoms with E-state index in [4.69, 9.17) is 11.5 Å². The summed E-state index contributed by atoms with van der Waals surface area (Å²) in [4.78, 5) is 0. The quantitative estimate of drug-likeness (QED) is 0.623. The number of hydrazone groups is 1. The molecule has 0 amide bonds. The van der Waals surface area contributed by atoms with Gasteiger partial charge in [-0.1, -0.05) is 6.92 Å². The van der Waals surface area contributed by atoms with Crippen molar-refractivity contribution in [2.24, 2.45) is 22.5 Å². The van der Waals surface area contributed by atoms with Crippen LogP contribution in [-0.2, 0) is 12.8 Å². The predicted octanol–water partition coefficient (Wildman–Crippen LogP) is 0.426. The molecule has 1 heterocycles. The molecule has 1 aliphatic carbocycles. The van der Waals surface area contributed by atoms with E-state index in [1.165, 1.54) is 11.1 Å². The highest BCUT2D eigenvalue weighted by Crippen LogP contribution is 2.39. The number of benzene rings is 1. The molecule has 0 saturated carbocycles. The molecule has 7 heteroatoms. The van der Waals surface area contributed by atoms with Gasteiger partial charge < -0.3 is 11.5 Å². The number of hydrogen-bond donors (Lipinski definition) is 4. The van der Waals surface area contributed by atoms with Gasteiger partial charge in [0.05, 0.1) is 11.7 Å². The number of anilines is 2. The predicted molar refractivity (Wildman–Crippen MR) is 76.0 cm³/mol. The highest BCUT2D eigenvalue weighted by Gasteiger charge is 2.31. The number of amidine groups is 1. The van der Waals surface area contributed by atoms with Crippen molar-refractivity contribution in [3.63, 3.8) is 0 Å². The van der Waals surface area contributed by atoms with E-state index in [0.717, 1.165) is 23.1 Å². The van der Waals surface area contributed by atoms with E-state index in [2.05, 4.69) is 12.0 Å². The third-order valence-electron chi connectivity index (χ3n) is 3.88. The summed E-state index contributed by atoms with van der Waals surface area (Å²) in [5.41, 5.74) is 14.6. The lowest BCUT2D eigenvalue weighted by atomic mass is 10.1. The van der Waals surface area contributed by atoms with Crippen molar-refractivity contribution in [3.8, 4) is 0 Å². The van der Waals surface area contributed by atoms with Crippen molar-refractivity contribution < 1.29 is 10.4 Å². The van der Waals surface area contributed by atoms with Crippen LogP contribution in [-0.4, -0.2) is 28.8 Å². The Labute approximate surface area is 117 Å². The van der Waals surface area contributed by atoms with Crippen molar-refractivity contribution in [2.45, 2.75) is 25.8 Å². The molecule has 20 heavy (non-hydrogen) atoms. The number of rotatable bonds is 2. The molecular formula is C13H19N5O2. The first kappa shape index (κ1) is 13.3. The summed E-state index contributed by atoms with van der Waals surface area (Å²) in [7, 11) is 0. The topological polar surface area (TPSA) is 111 Å². The SMILES string of the molecule is CC1Cc2cc3c(cc2C1)N(O)C(C(N)CN)=NN3O. The molecule has 0 radical (unpaired) electrons. The van der Waals surface area contributed by atoms with E-state index < -0.39 is 6.04 Å². The highest BCUT2D eigenvalue weighted by atomic mass is 16.5. The Kier molecular flexibility index (Phi) is 3.14. The maximum absolute atomic E-state index is 10.3. The van der Waals surface area contributed by atoms with E-state index in [-0.39, 0.29) is 12.4 Å². The summed E-state index contributed by atoms with van der Waals surface area (Å²) in [5.74, 6) is 0.702. The largest absolute Gasteiger partial charge is 0.328 e. The molecule has 1 aliphatic heterocycles. The van der Waals surface area contributed by atoms with Crippen molar-refractivity contribution in [1.29, 1.82) is 0 Å². The van der Waals surface area contributed by atoms with Gasteiger partial charge >= 0.3 is 0 Å². The molecule has 2 aliphatic rings. The van der Waals surface area contributed by atoms with Gasteiger partial charge in [-0.25, -0.2) is 5.06 Å². The monoisotopic (exact) mass is 277 g/mol. The van der Waals surface area contributed by atoms with E-state index in [1.807, 2.05) is 12.1 Å². The molecule has 0 saturated heterocycles. The van der Waals surface area contributed by atoms with E-state index in [1.54, 1.807) is 0 Å². The minimum Gasteiger partial charge on any atom is -0.328 e. The van der Waals surface area contributed by atoms with Crippen LogP contribution < -0.4 is 21.7 Å². The van der Waals surface area contributed by atoms with Gasteiger partial charge in [0.2, 0.25) is 0 Å². The number of nitrogens with two attached hydrogens (primary N) is 2. The molecule has 0 spiro atoms. The molecule has 0 fully saturated rings. The average molecular weight is 277 g/mol. The van der Waals surface area contributed by atoms with Crippen molar-refractivity contribution in [1.82, 2.24) is 0 Å². The molecule has 0 aromatic heterocycles. The molecule has 6 N–H and O–H groups in total. The second-order valence-corrected chi connectivity index (χ2v) is 5.52. The maximum Gasteiger partial charge on any atom is 0.175 e. The molecule has 3 rings (SSSR count). The zero-order valence-corrected chi connectivity index (χ0v) is 11.3. The Bertz CT molecular complexity index is 574. The molecule has 1 aromatic rings. The van der Waals surface area contributed by atoms with Crippen molar-refractivity contribution in [2.75, 3.05) is 16.8 Å². The fraction of sp³-hybridized carbons (Fsp3) is 0.462. The van der Waals surface area contributed by atoms with Crippen LogP contribution >= 0.6 is 0 Å². The van der Waals surface area contributed by atoms with Crippen LogP contribution in [0.5, 0.6) is 0 Å². The minimum absolute atomic E-state index is 0.126. The lowest BCUT2D eigenvalue weighted by Crippen LogP contribution is -2.49. The van der Waals surface area contributed by atoms with Crippen LogP contribution in [0.15, 0.2) is 17.2 Å². The smallest absolute Gasteiger partial charge is 0.175 e. The first-order valence-corrected chi connectivity index (χ1v) is 6.69. The summed E-state index contributed by atoms with van der Waals surface area (Å²) in [6.07, 6.45) is 1.94. The van der Waals surface area contributed by atoms with Crippen molar-refractivity contribution >= 4 is 17.2 Å². The summed E-state index contributed by atoms with van der Waals surface area (Å²) in [5, 5.41) is 25.8. The summed E-state index contributed by atoms with van der Waals surface area (Å²) in [6, 6.07) is 3.11. The third-order valence-corrected chi connectivity index (χ3v) is 3.88. The summed E-state index contributed by atoms with van der Waals surface area (Å²) < 4.78 is 0. The van der Waals surface area contributed by atoms with Gasteiger partial charge in [-0.05, 0) is 42.0 Å². The van der Waals surface area contributed by atoms with Gasteiger partial charge in [-0.15, -0.1) is 10.3 Å². The van der Waals surface area contributed by atoms with Gasteiger partial charge in [0.15, 0.2) is 5.84 Å². The van der Waals surface area contributed by atoms with E-state index >= 15 is 0 Å². The lowest BCUT2D eigenvalue weighted by Gasteiger charge is -2.31. The van der Waals surface area contributed by atoms with Gasteiger partial charge in [0, 0.05) is 6.54 Å². The van der Waals surface area contributed by atoms with Crippen LogP contribution in [0.4, 0.5) is 11.4 Å². The first-order valence-electron chi connectivity index (χ1n) is 6.69. The van der Waals surface area contributed by atoms with Crippen molar-refractivity contribution in [3.05, 3.63) is 23.3 Å². The lowest BCUT2D eigenvalue weighted by molar-refractivity contribution is 0.243. The number of hydrogen-bond acceptors (Lipinski definition) is 7. The molecule has 0 bridgehead atoms. The van der Waals surface area contributed by atoms with Gasteiger partial charge in [-0.2, -0.15) is 0 Å².